The van der Waals surface area contributed by atoms with Crippen LogP contribution in [0.25, 0.3) is 11.0 Å². The maximum absolute atomic E-state index is 6.15. The molecule has 0 radical (unpaired) electrons. The first-order chi connectivity index (χ1) is 12.0. The molecule has 0 aliphatic carbocycles. The normalized spacial score (nSPS) is 21.0. The molecule has 130 valence electrons. The lowest BCUT2D eigenvalue weighted by Gasteiger charge is -2.39. The molecule has 6 nitrogen and oxygen atoms in total. The Balaban J connectivity index is 1.74. The largest absolute Gasteiger partial charge is 0.370 e. The number of aryl methyl sites for hydroxylation is 2. The van der Waals surface area contributed by atoms with Gasteiger partial charge in [-0.1, -0.05) is 23.7 Å². The monoisotopic (exact) mass is 357 g/mol. The van der Waals surface area contributed by atoms with Crippen molar-refractivity contribution in [3.8, 4) is 0 Å². The summed E-state index contributed by atoms with van der Waals surface area (Å²) < 4.78 is 7.85. The molecule has 1 aliphatic rings. The summed E-state index contributed by atoms with van der Waals surface area (Å²) in [4.78, 5) is 11.5. The second-order valence-corrected chi connectivity index (χ2v) is 6.91. The van der Waals surface area contributed by atoms with Gasteiger partial charge in [0, 0.05) is 12.1 Å². The molecule has 4 rings (SSSR count). The lowest BCUT2D eigenvalue weighted by Crippen LogP contribution is -2.45. The summed E-state index contributed by atoms with van der Waals surface area (Å²) in [5, 5.41) is 6.03. The van der Waals surface area contributed by atoms with E-state index in [1.165, 1.54) is 0 Å². The van der Waals surface area contributed by atoms with Crippen LogP contribution < -0.4 is 4.90 Å². The van der Waals surface area contributed by atoms with Crippen molar-refractivity contribution >= 4 is 28.5 Å². The van der Waals surface area contributed by atoms with Gasteiger partial charge >= 0.3 is 0 Å². The van der Waals surface area contributed by atoms with Crippen LogP contribution in [0.2, 0.25) is 5.02 Å². The molecule has 7 heteroatoms. The van der Waals surface area contributed by atoms with Gasteiger partial charge in [-0.25, -0.2) is 9.97 Å². The van der Waals surface area contributed by atoms with Crippen molar-refractivity contribution in [2.45, 2.75) is 26.0 Å². The first-order valence-electron chi connectivity index (χ1n) is 8.33. The van der Waals surface area contributed by atoms with Crippen LogP contribution in [0.15, 0.2) is 30.5 Å². The highest BCUT2D eigenvalue weighted by atomic mass is 35.5. The highest BCUT2D eigenvalue weighted by molar-refractivity contribution is 6.30. The summed E-state index contributed by atoms with van der Waals surface area (Å²) in [6.07, 6.45) is 1.79. The van der Waals surface area contributed by atoms with Gasteiger partial charge in [0.1, 0.15) is 17.7 Å². The first-order valence-corrected chi connectivity index (χ1v) is 8.71. The molecule has 3 aromatic rings. The molecule has 1 aromatic carbocycles. The van der Waals surface area contributed by atoms with Gasteiger partial charge in [-0.15, -0.1) is 0 Å². The number of halogens is 1. The molecule has 2 atom stereocenters. The third-order valence-electron chi connectivity index (χ3n) is 4.61. The van der Waals surface area contributed by atoms with E-state index in [1.54, 1.807) is 4.68 Å². The summed E-state index contributed by atoms with van der Waals surface area (Å²) in [5.41, 5.74) is 1.93. The van der Waals surface area contributed by atoms with Crippen molar-refractivity contribution < 1.29 is 4.74 Å². The molecule has 0 amide bonds. The SMILES string of the molecule is Cc1nc(N2CC(c3cccc(Cl)c3)OCC2C)c2cnn(C)c2n1. The Hall–Kier alpha value is -2.18. The molecule has 2 aromatic heterocycles. The number of ether oxygens (including phenoxy) is 1. The second-order valence-electron chi connectivity index (χ2n) is 6.48. The van der Waals surface area contributed by atoms with Crippen LogP contribution >= 0.6 is 11.6 Å². The fourth-order valence-electron chi connectivity index (χ4n) is 3.29. The summed E-state index contributed by atoms with van der Waals surface area (Å²) in [6, 6.07) is 8.06. The van der Waals surface area contributed by atoms with E-state index in [-0.39, 0.29) is 12.1 Å². The zero-order chi connectivity index (χ0) is 17.6. The second kappa shape index (κ2) is 6.28. The van der Waals surface area contributed by atoms with Crippen LogP contribution in [0.5, 0.6) is 0 Å². The number of aromatic nitrogens is 4. The van der Waals surface area contributed by atoms with Crippen LogP contribution in [-0.4, -0.2) is 38.9 Å². The lowest BCUT2D eigenvalue weighted by molar-refractivity contribution is 0.0213. The van der Waals surface area contributed by atoms with Gasteiger partial charge < -0.3 is 9.64 Å². The third-order valence-corrected chi connectivity index (χ3v) is 4.84. The number of rotatable bonds is 2. The Morgan fingerprint density at radius 2 is 2.12 bits per heavy atom. The Morgan fingerprint density at radius 3 is 2.92 bits per heavy atom. The number of morpholine rings is 1. The lowest BCUT2D eigenvalue weighted by atomic mass is 10.1. The maximum Gasteiger partial charge on any atom is 0.163 e. The predicted molar refractivity (Wildman–Crippen MR) is 98.0 cm³/mol. The summed E-state index contributed by atoms with van der Waals surface area (Å²) in [6.45, 7) is 5.40. The van der Waals surface area contributed by atoms with E-state index in [9.17, 15) is 0 Å². The molecule has 1 aliphatic heterocycles. The Bertz CT molecular complexity index is 925. The van der Waals surface area contributed by atoms with Crippen LogP contribution in [-0.2, 0) is 11.8 Å². The highest BCUT2D eigenvalue weighted by Crippen LogP contribution is 2.32. The number of nitrogens with zero attached hydrogens (tertiary/aromatic N) is 5. The first kappa shape index (κ1) is 16.3. The van der Waals surface area contributed by atoms with Crippen molar-refractivity contribution in [1.29, 1.82) is 0 Å². The minimum atomic E-state index is -0.0445. The van der Waals surface area contributed by atoms with Crippen LogP contribution in [0.1, 0.15) is 24.4 Å². The standard InChI is InChI=1S/C18H20ClN5O/c1-11-10-25-16(13-5-4-6-14(19)7-13)9-24(11)18-15-8-20-23(3)17(15)21-12(2)22-18/h4-8,11,16H,9-10H2,1-3H3. The van der Waals surface area contributed by atoms with Gasteiger partial charge in [0.05, 0.1) is 30.8 Å². The van der Waals surface area contributed by atoms with Crippen molar-refractivity contribution in [1.82, 2.24) is 19.7 Å². The minimum absolute atomic E-state index is 0.0445. The molecular weight excluding hydrogens is 338 g/mol. The van der Waals surface area contributed by atoms with Crippen LogP contribution in [0, 0.1) is 6.92 Å². The van der Waals surface area contributed by atoms with Crippen molar-refractivity contribution in [2.24, 2.45) is 7.05 Å². The molecular formula is C18H20ClN5O. The van der Waals surface area contributed by atoms with Gasteiger partial charge in [-0.3, -0.25) is 4.68 Å². The van der Waals surface area contributed by atoms with E-state index in [0.29, 0.717) is 13.2 Å². The van der Waals surface area contributed by atoms with Gasteiger partial charge in [-0.05, 0) is 31.5 Å². The van der Waals surface area contributed by atoms with Crippen LogP contribution in [0.3, 0.4) is 0 Å². The zero-order valence-electron chi connectivity index (χ0n) is 14.5. The maximum atomic E-state index is 6.15. The average molecular weight is 358 g/mol. The van der Waals surface area contributed by atoms with E-state index in [4.69, 9.17) is 21.3 Å². The number of hydrogen-bond acceptors (Lipinski definition) is 5. The quantitative estimate of drug-likeness (QED) is 0.704. The van der Waals surface area contributed by atoms with Gasteiger partial charge in [0.25, 0.3) is 0 Å². The Morgan fingerprint density at radius 1 is 1.28 bits per heavy atom. The van der Waals surface area contributed by atoms with E-state index in [1.807, 2.05) is 38.4 Å². The van der Waals surface area contributed by atoms with E-state index in [0.717, 1.165) is 33.3 Å². The van der Waals surface area contributed by atoms with E-state index >= 15 is 0 Å². The molecule has 0 saturated carbocycles. The smallest absolute Gasteiger partial charge is 0.163 e. The number of fused-ring (bicyclic) bond motifs is 1. The molecule has 0 spiro atoms. The van der Waals surface area contributed by atoms with Crippen molar-refractivity contribution in [3.63, 3.8) is 0 Å². The van der Waals surface area contributed by atoms with E-state index < -0.39 is 0 Å². The number of anilines is 1. The molecule has 1 fully saturated rings. The predicted octanol–water partition coefficient (Wildman–Crippen LogP) is 3.29. The minimum Gasteiger partial charge on any atom is -0.370 e. The van der Waals surface area contributed by atoms with Crippen molar-refractivity contribution in [2.75, 3.05) is 18.1 Å². The Labute approximate surface area is 151 Å². The van der Waals surface area contributed by atoms with Gasteiger partial charge in [-0.2, -0.15) is 5.10 Å². The molecule has 2 unspecified atom stereocenters. The number of benzene rings is 1. The molecule has 3 heterocycles. The zero-order valence-corrected chi connectivity index (χ0v) is 15.2. The topological polar surface area (TPSA) is 56.1 Å². The fraction of sp³-hybridized carbons (Fsp3) is 0.389. The molecule has 25 heavy (non-hydrogen) atoms. The fourth-order valence-corrected chi connectivity index (χ4v) is 3.49. The molecule has 1 saturated heterocycles. The summed E-state index contributed by atoms with van der Waals surface area (Å²) >= 11 is 6.15. The summed E-state index contributed by atoms with van der Waals surface area (Å²) in [7, 11) is 1.90. The average Bonchev–Trinajstić information content (AvgIpc) is 2.96. The van der Waals surface area contributed by atoms with Gasteiger partial charge in [0.15, 0.2) is 5.65 Å². The molecule has 0 bridgehead atoms. The number of hydrogen-bond donors (Lipinski definition) is 0. The Kier molecular flexibility index (Phi) is 4.09. The third kappa shape index (κ3) is 2.96. The highest BCUT2D eigenvalue weighted by Gasteiger charge is 2.30. The van der Waals surface area contributed by atoms with E-state index in [2.05, 4.69) is 28.0 Å². The summed E-state index contributed by atoms with van der Waals surface area (Å²) in [5.74, 6) is 1.66. The van der Waals surface area contributed by atoms with Gasteiger partial charge in [0.2, 0.25) is 0 Å². The van der Waals surface area contributed by atoms with Crippen LogP contribution in [0.4, 0.5) is 5.82 Å². The van der Waals surface area contributed by atoms with Crippen molar-refractivity contribution in [3.05, 3.63) is 46.9 Å². The molecule has 0 N–H and O–H groups in total.